The van der Waals surface area contributed by atoms with Crippen LogP contribution in [0.25, 0.3) is 0 Å². The Labute approximate surface area is 92.2 Å². The Morgan fingerprint density at radius 2 is 2.60 bits per heavy atom. The summed E-state index contributed by atoms with van der Waals surface area (Å²) in [6.45, 7) is 3.10. The SMILES string of the molecule is Cc1ncc(CN2CC(C#N)CC2=O)s1. The average molecular weight is 221 g/mol. The van der Waals surface area contributed by atoms with Gasteiger partial charge in [-0.3, -0.25) is 4.79 Å². The molecule has 78 valence electrons. The van der Waals surface area contributed by atoms with Crippen molar-refractivity contribution in [3.63, 3.8) is 0 Å². The average Bonchev–Trinajstić information content (AvgIpc) is 2.75. The molecule has 1 aromatic heterocycles. The summed E-state index contributed by atoms with van der Waals surface area (Å²) >= 11 is 1.60. The fourth-order valence-electron chi connectivity index (χ4n) is 1.68. The molecule has 1 aromatic rings. The zero-order valence-electron chi connectivity index (χ0n) is 8.43. The van der Waals surface area contributed by atoms with E-state index in [1.807, 2.05) is 6.92 Å². The van der Waals surface area contributed by atoms with Gasteiger partial charge in [-0.05, 0) is 6.92 Å². The number of hydrogen-bond donors (Lipinski definition) is 0. The number of carbonyl (C=O) groups excluding carboxylic acids is 1. The summed E-state index contributed by atoms with van der Waals surface area (Å²) < 4.78 is 0. The van der Waals surface area contributed by atoms with Crippen LogP contribution in [0.15, 0.2) is 6.20 Å². The van der Waals surface area contributed by atoms with Gasteiger partial charge in [0.05, 0.1) is 23.5 Å². The lowest BCUT2D eigenvalue weighted by molar-refractivity contribution is -0.128. The standard InChI is InChI=1S/C10H11N3OS/c1-7-12-4-9(15-7)6-13-5-8(3-11)2-10(13)14/h4,8H,2,5-6H2,1H3. The second-order valence-electron chi connectivity index (χ2n) is 3.65. The summed E-state index contributed by atoms with van der Waals surface area (Å²) in [5.41, 5.74) is 0. The van der Waals surface area contributed by atoms with E-state index in [-0.39, 0.29) is 11.8 Å². The van der Waals surface area contributed by atoms with E-state index in [1.54, 1.807) is 22.4 Å². The molecule has 15 heavy (non-hydrogen) atoms. The molecule has 0 bridgehead atoms. The summed E-state index contributed by atoms with van der Waals surface area (Å²) in [6.07, 6.45) is 2.17. The van der Waals surface area contributed by atoms with Crippen molar-refractivity contribution in [1.29, 1.82) is 5.26 Å². The molecule has 1 unspecified atom stereocenters. The topological polar surface area (TPSA) is 57.0 Å². The molecular formula is C10H11N3OS. The number of thiazole rings is 1. The molecule has 1 aliphatic heterocycles. The zero-order chi connectivity index (χ0) is 10.8. The molecule has 1 saturated heterocycles. The van der Waals surface area contributed by atoms with Gasteiger partial charge in [0.2, 0.25) is 5.91 Å². The highest BCUT2D eigenvalue weighted by Crippen LogP contribution is 2.21. The molecule has 5 heteroatoms. The van der Waals surface area contributed by atoms with Crippen LogP contribution in [0.3, 0.4) is 0 Å². The molecule has 1 atom stereocenters. The number of amides is 1. The van der Waals surface area contributed by atoms with Gasteiger partial charge < -0.3 is 4.90 Å². The summed E-state index contributed by atoms with van der Waals surface area (Å²) in [5, 5.41) is 9.74. The number of likely N-dealkylation sites (tertiary alicyclic amines) is 1. The van der Waals surface area contributed by atoms with Crippen molar-refractivity contribution >= 4 is 17.2 Å². The molecule has 0 aromatic carbocycles. The fraction of sp³-hybridized carbons (Fsp3) is 0.500. The highest BCUT2D eigenvalue weighted by Gasteiger charge is 2.29. The minimum absolute atomic E-state index is 0.0765. The van der Waals surface area contributed by atoms with Gasteiger partial charge in [-0.1, -0.05) is 0 Å². The maximum absolute atomic E-state index is 11.5. The van der Waals surface area contributed by atoms with Crippen LogP contribution in [0.1, 0.15) is 16.3 Å². The van der Waals surface area contributed by atoms with Crippen molar-refractivity contribution in [2.75, 3.05) is 6.54 Å². The summed E-state index contributed by atoms with van der Waals surface area (Å²) in [5.74, 6) is -0.0564. The van der Waals surface area contributed by atoms with Gasteiger partial charge >= 0.3 is 0 Å². The van der Waals surface area contributed by atoms with E-state index in [0.29, 0.717) is 19.5 Å². The number of rotatable bonds is 2. The Morgan fingerprint density at radius 3 is 3.13 bits per heavy atom. The first-order valence-corrected chi connectivity index (χ1v) is 5.59. The lowest BCUT2D eigenvalue weighted by Gasteiger charge is -2.13. The third-order valence-corrected chi connectivity index (χ3v) is 3.31. The van der Waals surface area contributed by atoms with Crippen molar-refractivity contribution in [3.8, 4) is 6.07 Å². The summed E-state index contributed by atoms with van der Waals surface area (Å²) in [6, 6.07) is 2.14. The number of aromatic nitrogens is 1. The normalized spacial score (nSPS) is 20.7. The predicted octanol–water partition coefficient (Wildman–Crippen LogP) is 1.32. The molecule has 2 rings (SSSR count). The van der Waals surface area contributed by atoms with Gasteiger partial charge in [-0.25, -0.2) is 4.98 Å². The van der Waals surface area contributed by atoms with Crippen molar-refractivity contribution in [2.24, 2.45) is 5.92 Å². The Hall–Kier alpha value is -1.41. The Balaban J connectivity index is 2.02. The summed E-state index contributed by atoms with van der Waals surface area (Å²) in [7, 11) is 0. The van der Waals surface area contributed by atoms with Crippen LogP contribution < -0.4 is 0 Å². The van der Waals surface area contributed by atoms with Gasteiger partial charge in [-0.15, -0.1) is 11.3 Å². The molecule has 1 fully saturated rings. The third kappa shape index (κ3) is 2.16. The van der Waals surface area contributed by atoms with Gasteiger partial charge in [0.25, 0.3) is 0 Å². The van der Waals surface area contributed by atoms with Crippen molar-refractivity contribution in [2.45, 2.75) is 19.9 Å². The molecule has 1 amide bonds. The van der Waals surface area contributed by atoms with Gasteiger partial charge in [0.15, 0.2) is 0 Å². The second-order valence-corrected chi connectivity index (χ2v) is 4.97. The van der Waals surface area contributed by atoms with Crippen LogP contribution >= 0.6 is 11.3 Å². The number of nitrogens with zero attached hydrogens (tertiary/aromatic N) is 3. The van der Waals surface area contributed by atoms with Crippen LogP contribution in [-0.4, -0.2) is 22.3 Å². The molecule has 4 nitrogen and oxygen atoms in total. The van der Waals surface area contributed by atoms with Crippen LogP contribution in [0.2, 0.25) is 0 Å². The smallest absolute Gasteiger partial charge is 0.224 e. The number of carbonyl (C=O) groups is 1. The first-order valence-electron chi connectivity index (χ1n) is 4.77. The Kier molecular flexibility index (Phi) is 2.69. The lowest BCUT2D eigenvalue weighted by atomic mass is 10.1. The molecule has 1 aliphatic rings. The molecule has 0 spiro atoms. The largest absolute Gasteiger partial charge is 0.336 e. The van der Waals surface area contributed by atoms with E-state index >= 15 is 0 Å². The minimum atomic E-state index is -0.133. The molecule has 0 N–H and O–H groups in total. The molecule has 0 radical (unpaired) electrons. The first kappa shape index (κ1) is 10.1. The molecular weight excluding hydrogens is 210 g/mol. The van der Waals surface area contributed by atoms with E-state index < -0.39 is 0 Å². The monoisotopic (exact) mass is 221 g/mol. The first-order chi connectivity index (χ1) is 7.19. The van der Waals surface area contributed by atoms with E-state index in [9.17, 15) is 4.79 Å². The Morgan fingerprint density at radius 1 is 1.80 bits per heavy atom. The van der Waals surface area contributed by atoms with Crippen LogP contribution in [0.4, 0.5) is 0 Å². The van der Waals surface area contributed by atoms with Gasteiger partial charge in [0.1, 0.15) is 0 Å². The van der Waals surface area contributed by atoms with E-state index in [0.717, 1.165) is 9.88 Å². The van der Waals surface area contributed by atoms with Crippen molar-refractivity contribution < 1.29 is 4.79 Å². The predicted molar refractivity (Wildman–Crippen MR) is 56.0 cm³/mol. The summed E-state index contributed by atoms with van der Waals surface area (Å²) in [4.78, 5) is 18.5. The third-order valence-electron chi connectivity index (χ3n) is 2.41. The quantitative estimate of drug-likeness (QED) is 0.757. The second kappa shape index (κ2) is 3.99. The van der Waals surface area contributed by atoms with E-state index in [1.165, 1.54) is 0 Å². The van der Waals surface area contributed by atoms with Crippen molar-refractivity contribution in [3.05, 3.63) is 16.1 Å². The van der Waals surface area contributed by atoms with Gasteiger partial charge in [0, 0.05) is 24.0 Å². The fourth-order valence-corrected chi connectivity index (χ4v) is 2.49. The lowest BCUT2D eigenvalue weighted by Crippen LogP contribution is -2.23. The van der Waals surface area contributed by atoms with Crippen LogP contribution in [0, 0.1) is 24.2 Å². The maximum atomic E-state index is 11.5. The minimum Gasteiger partial charge on any atom is -0.336 e. The number of aryl methyl sites for hydroxylation is 1. The number of nitriles is 1. The highest BCUT2D eigenvalue weighted by molar-refractivity contribution is 7.11. The number of hydrogen-bond acceptors (Lipinski definition) is 4. The Bertz CT molecular complexity index is 421. The zero-order valence-corrected chi connectivity index (χ0v) is 9.25. The molecule has 2 heterocycles. The van der Waals surface area contributed by atoms with Gasteiger partial charge in [-0.2, -0.15) is 5.26 Å². The van der Waals surface area contributed by atoms with Crippen LogP contribution in [-0.2, 0) is 11.3 Å². The van der Waals surface area contributed by atoms with Crippen molar-refractivity contribution in [1.82, 2.24) is 9.88 Å². The van der Waals surface area contributed by atoms with E-state index in [4.69, 9.17) is 5.26 Å². The van der Waals surface area contributed by atoms with Crippen LogP contribution in [0.5, 0.6) is 0 Å². The maximum Gasteiger partial charge on any atom is 0.224 e. The molecule has 0 aliphatic carbocycles. The molecule has 0 saturated carbocycles. The highest BCUT2D eigenvalue weighted by atomic mass is 32.1. The van der Waals surface area contributed by atoms with E-state index in [2.05, 4.69) is 11.1 Å².